The largest absolute Gasteiger partial charge is 0.478 e. The second kappa shape index (κ2) is 5.94. The number of nitrogens with one attached hydrogen (secondary N) is 1. The number of hydrogen-bond donors (Lipinski definition) is 2. The molecule has 1 aromatic heterocycles. The number of carboxylic acids is 1. The molecule has 7 heteroatoms. The Morgan fingerprint density at radius 3 is 3.00 bits per heavy atom. The first kappa shape index (κ1) is 13.0. The lowest BCUT2D eigenvalue weighted by atomic mass is 10.1. The Morgan fingerprint density at radius 2 is 2.32 bits per heavy atom. The molecule has 2 aromatic rings. The fourth-order valence-corrected chi connectivity index (χ4v) is 1.66. The predicted octanol–water partition coefficient (Wildman–Crippen LogP) is 1.62. The van der Waals surface area contributed by atoms with Gasteiger partial charge in [-0.2, -0.15) is 0 Å². The number of carbonyl (C=O) groups is 1. The lowest BCUT2D eigenvalue weighted by molar-refractivity contribution is 0.0697. The molecule has 2 N–H and O–H groups in total. The molecule has 1 heterocycles. The lowest BCUT2D eigenvalue weighted by Crippen LogP contribution is -2.10. The van der Waals surface area contributed by atoms with Gasteiger partial charge in [-0.25, -0.2) is 9.18 Å². The van der Waals surface area contributed by atoms with Crippen molar-refractivity contribution in [2.45, 2.75) is 13.0 Å². The first-order valence-electron chi connectivity index (χ1n) is 5.77. The molecule has 0 saturated carbocycles. The summed E-state index contributed by atoms with van der Waals surface area (Å²) in [5.74, 6) is -1.72. The third-order valence-electron chi connectivity index (χ3n) is 2.56. The molecule has 0 aliphatic carbocycles. The number of nitrogens with zero attached hydrogens (tertiary/aromatic N) is 3. The molecule has 100 valence electrons. The standard InChI is InChI=1S/C12H13FN4O2/c13-9-2-3-11(10(8-9)12(18)19)14-4-1-6-17-7-5-15-16-17/h2-3,5,7-8,14H,1,4,6H2,(H,18,19). The summed E-state index contributed by atoms with van der Waals surface area (Å²) in [7, 11) is 0. The average Bonchev–Trinajstić information content (AvgIpc) is 2.89. The van der Waals surface area contributed by atoms with E-state index in [2.05, 4.69) is 15.6 Å². The van der Waals surface area contributed by atoms with E-state index < -0.39 is 11.8 Å². The molecule has 1 aromatic carbocycles. The minimum Gasteiger partial charge on any atom is -0.478 e. The second-order valence-electron chi connectivity index (χ2n) is 3.94. The third-order valence-corrected chi connectivity index (χ3v) is 2.56. The van der Waals surface area contributed by atoms with Gasteiger partial charge in [0.1, 0.15) is 5.82 Å². The smallest absolute Gasteiger partial charge is 0.337 e. The van der Waals surface area contributed by atoms with Crippen LogP contribution in [0.25, 0.3) is 0 Å². The predicted molar refractivity (Wildman–Crippen MR) is 66.5 cm³/mol. The highest BCUT2D eigenvalue weighted by molar-refractivity contribution is 5.94. The van der Waals surface area contributed by atoms with Gasteiger partial charge in [0, 0.05) is 25.0 Å². The van der Waals surface area contributed by atoms with Crippen LogP contribution in [0.1, 0.15) is 16.8 Å². The van der Waals surface area contributed by atoms with Crippen LogP contribution in [0.2, 0.25) is 0 Å². The van der Waals surface area contributed by atoms with Crippen molar-refractivity contribution in [3.8, 4) is 0 Å². The quantitative estimate of drug-likeness (QED) is 0.775. The van der Waals surface area contributed by atoms with E-state index in [9.17, 15) is 9.18 Å². The lowest BCUT2D eigenvalue weighted by Gasteiger charge is -2.09. The number of carboxylic acid groups (broad SMARTS) is 1. The number of anilines is 1. The zero-order valence-electron chi connectivity index (χ0n) is 10.1. The van der Waals surface area contributed by atoms with Crippen LogP contribution in [0.4, 0.5) is 10.1 Å². The molecule has 6 nitrogen and oxygen atoms in total. The van der Waals surface area contributed by atoms with Crippen LogP contribution < -0.4 is 5.32 Å². The number of rotatable bonds is 6. The van der Waals surface area contributed by atoms with Crippen LogP contribution >= 0.6 is 0 Å². The number of aryl methyl sites for hydroxylation is 1. The van der Waals surface area contributed by atoms with E-state index in [0.29, 0.717) is 18.8 Å². The first-order valence-corrected chi connectivity index (χ1v) is 5.77. The van der Waals surface area contributed by atoms with E-state index in [-0.39, 0.29) is 5.56 Å². The second-order valence-corrected chi connectivity index (χ2v) is 3.94. The zero-order valence-corrected chi connectivity index (χ0v) is 10.1. The number of hydrogen-bond acceptors (Lipinski definition) is 4. The molecule has 0 aliphatic heterocycles. The van der Waals surface area contributed by atoms with Gasteiger partial charge in [0.25, 0.3) is 0 Å². The minimum atomic E-state index is -1.15. The average molecular weight is 264 g/mol. The van der Waals surface area contributed by atoms with Gasteiger partial charge in [0.2, 0.25) is 0 Å². The molecule has 0 saturated heterocycles. The molecule has 2 rings (SSSR count). The Bertz CT molecular complexity index is 557. The van der Waals surface area contributed by atoms with Gasteiger partial charge in [-0.3, -0.25) is 4.68 Å². The number of aromatic nitrogens is 3. The van der Waals surface area contributed by atoms with Gasteiger partial charge >= 0.3 is 5.97 Å². The van der Waals surface area contributed by atoms with Crippen molar-refractivity contribution in [1.29, 1.82) is 0 Å². The molecule has 0 bridgehead atoms. The van der Waals surface area contributed by atoms with Crippen LogP contribution in [0.3, 0.4) is 0 Å². The van der Waals surface area contributed by atoms with Crippen LogP contribution in [-0.2, 0) is 6.54 Å². The summed E-state index contributed by atoms with van der Waals surface area (Å²) in [5.41, 5.74) is 0.341. The van der Waals surface area contributed by atoms with Crippen molar-refractivity contribution < 1.29 is 14.3 Å². The van der Waals surface area contributed by atoms with E-state index in [1.807, 2.05) is 0 Å². The van der Waals surface area contributed by atoms with Crippen molar-refractivity contribution in [3.63, 3.8) is 0 Å². The van der Waals surface area contributed by atoms with Crippen molar-refractivity contribution in [1.82, 2.24) is 15.0 Å². The Hall–Kier alpha value is -2.44. The normalized spacial score (nSPS) is 10.4. The molecule has 0 spiro atoms. The topological polar surface area (TPSA) is 80.0 Å². The summed E-state index contributed by atoms with van der Waals surface area (Å²) >= 11 is 0. The number of benzene rings is 1. The monoisotopic (exact) mass is 264 g/mol. The van der Waals surface area contributed by atoms with Crippen molar-refractivity contribution in [3.05, 3.63) is 42.0 Å². The van der Waals surface area contributed by atoms with Gasteiger partial charge in [-0.05, 0) is 24.6 Å². The van der Waals surface area contributed by atoms with Gasteiger partial charge in [0.15, 0.2) is 0 Å². The number of aromatic carboxylic acids is 1. The molecular weight excluding hydrogens is 251 g/mol. The van der Waals surface area contributed by atoms with Gasteiger partial charge < -0.3 is 10.4 Å². The molecule has 0 radical (unpaired) electrons. The molecule has 0 unspecified atom stereocenters. The van der Waals surface area contributed by atoms with E-state index in [1.165, 1.54) is 12.1 Å². The van der Waals surface area contributed by atoms with Crippen LogP contribution in [0.5, 0.6) is 0 Å². The zero-order chi connectivity index (χ0) is 13.7. The van der Waals surface area contributed by atoms with E-state index >= 15 is 0 Å². The van der Waals surface area contributed by atoms with Crippen LogP contribution in [0.15, 0.2) is 30.6 Å². The molecule has 0 atom stereocenters. The van der Waals surface area contributed by atoms with E-state index in [0.717, 1.165) is 12.5 Å². The van der Waals surface area contributed by atoms with Crippen molar-refractivity contribution >= 4 is 11.7 Å². The number of halogens is 1. The summed E-state index contributed by atoms with van der Waals surface area (Å²) in [4.78, 5) is 11.0. The SMILES string of the molecule is O=C(O)c1cc(F)ccc1NCCCn1ccnn1. The minimum absolute atomic E-state index is 0.0687. The van der Waals surface area contributed by atoms with Crippen molar-refractivity contribution in [2.24, 2.45) is 0 Å². The summed E-state index contributed by atoms with van der Waals surface area (Å²) in [6.45, 7) is 1.24. The summed E-state index contributed by atoms with van der Waals surface area (Å²) in [6, 6.07) is 3.66. The summed E-state index contributed by atoms with van der Waals surface area (Å²) in [5, 5.41) is 19.4. The van der Waals surface area contributed by atoms with E-state index in [4.69, 9.17) is 5.11 Å². The van der Waals surface area contributed by atoms with Gasteiger partial charge in [-0.15, -0.1) is 5.10 Å². The third kappa shape index (κ3) is 3.51. The fourth-order valence-electron chi connectivity index (χ4n) is 1.66. The van der Waals surface area contributed by atoms with Gasteiger partial charge in [0.05, 0.1) is 11.8 Å². The molecule has 0 aliphatic rings. The summed E-state index contributed by atoms with van der Waals surface area (Å²) in [6.07, 6.45) is 4.09. The highest BCUT2D eigenvalue weighted by atomic mass is 19.1. The Kier molecular flexibility index (Phi) is 4.07. The van der Waals surface area contributed by atoms with Crippen LogP contribution in [-0.4, -0.2) is 32.6 Å². The van der Waals surface area contributed by atoms with E-state index in [1.54, 1.807) is 17.1 Å². The summed E-state index contributed by atoms with van der Waals surface area (Å²) < 4.78 is 14.7. The molecular formula is C12H13FN4O2. The maximum absolute atomic E-state index is 13.0. The first-order chi connectivity index (χ1) is 9.16. The maximum Gasteiger partial charge on any atom is 0.337 e. The molecule has 0 amide bonds. The Balaban J connectivity index is 1.90. The van der Waals surface area contributed by atoms with Gasteiger partial charge in [-0.1, -0.05) is 5.21 Å². The Labute approximate surface area is 108 Å². The molecule has 0 fully saturated rings. The van der Waals surface area contributed by atoms with Crippen LogP contribution in [0, 0.1) is 5.82 Å². The Morgan fingerprint density at radius 1 is 1.47 bits per heavy atom. The highest BCUT2D eigenvalue weighted by Gasteiger charge is 2.10. The van der Waals surface area contributed by atoms with Crippen molar-refractivity contribution in [2.75, 3.05) is 11.9 Å². The fraction of sp³-hybridized carbons (Fsp3) is 0.250. The maximum atomic E-state index is 13.0. The molecule has 19 heavy (non-hydrogen) atoms. The highest BCUT2D eigenvalue weighted by Crippen LogP contribution is 2.17.